The van der Waals surface area contributed by atoms with Gasteiger partial charge < -0.3 is 10.1 Å². The number of carbonyl (C=O) groups excluding carboxylic acids is 2. The molecule has 1 N–H and O–H groups in total. The van der Waals surface area contributed by atoms with E-state index < -0.39 is 5.97 Å². The lowest BCUT2D eigenvalue weighted by Crippen LogP contribution is -2.37. The molecule has 30 heavy (non-hydrogen) atoms. The van der Waals surface area contributed by atoms with Crippen molar-refractivity contribution in [1.29, 1.82) is 0 Å². The Kier molecular flexibility index (Phi) is 6.11. The summed E-state index contributed by atoms with van der Waals surface area (Å²) in [4.78, 5) is 33.4. The van der Waals surface area contributed by atoms with Crippen LogP contribution in [0.4, 0.5) is 0 Å². The first kappa shape index (κ1) is 20.5. The van der Waals surface area contributed by atoms with Crippen molar-refractivity contribution in [2.75, 3.05) is 13.2 Å². The van der Waals surface area contributed by atoms with Crippen molar-refractivity contribution >= 4 is 34.1 Å². The van der Waals surface area contributed by atoms with E-state index in [1.165, 1.54) is 0 Å². The van der Waals surface area contributed by atoms with Crippen molar-refractivity contribution in [3.8, 4) is 0 Å². The lowest BCUT2D eigenvalue weighted by molar-refractivity contribution is -0.124. The van der Waals surface area contributed by atoms with Crippen molar-refractivity contribution in [2.45, 2.75) is 39.4 Å². The summed E-state index contributed by atoms with van der Waals surface area (Å²) in [6.45, 7) is 5.99. The van der Waals surface area contributed by atoms with E-state index >= 15 is 0 Å². The molecule has 0 saturated heterocycles. The summed E-state index contributed by atoms with van der Waals surface area (Å²) in [6, 6.07) is 11.9. The Morgan fingerprint density at radius 3 is 2.83 bits per heavy atom. The Morgan fingerprint density at radius 1 is 1.23 bits per heavy atom. The smallest absolute Gasteiger partial charge is 0.339 e. The molecule has 0 saturated carbocycles. The summed E-state index contributed by atoms with van der Waals surface area (Å²) in [6.07, 6.45) is 0.792. The molecule has 4 rings (SSSR count). The fraction of sp³-hybridized carbons (Fsp3) is 0.348. The molecule has 7 heteroatoms. The van der Waals surface area contributed by atoms with E-state index in [9.17, 15) is 9.59 Å². The highest BCUT2D eigenvalue weighted by Gasteiger charge is 2.27. The molecular formula is C23H25N3O3S. The molecule has 0 unspecified atom stereocenters. The summed E-state index contributed by atoms with van der Waals surface area (Å²) >= 11 is 1.57. The summed E-state index contributed by atoms with van der Waals surface area (Å²) < 4.78 is 5.44. The number of benzene rings is 1. The molecule has 156 valence electrons. The first-order chi connectivity index (χ1) is 14.5. The van der Waals surface area contributed by atoms with E-state index in [1.807, 2.05) is 41.8 Å². The standard InChI is InChI=1S/C23H25N3O3S/c1-15(2)26-10-9-20-18(13-26)22(17-7-3-4-8-19(17)25-20)23(28)29-14-21(27)24-12-16-6-5-11-30-16/h3-8,11,15H,9-10,12-14H2,1-2H3,(H,24,27). The Balaban J connectivity index is 1.55. The van der Waals surface area contributed by atoms with Crippen LogP contribution in [0.25, 0.3) is 10.9 Å². The van der Waals surface area contributed by atoms with Gasteiger partial charge in [-0.05, 0) is 31.4 Å². The van der Waals surface area contributed by atoms with Crippen LogP contribution in [0.3, 0.4) is 0 Å². The first-order valence-corrected chi connectivity index (χ1v) is 11.0. The Hall–Kier alpha value is -2.77. The molecular weight excluding hydrogens is 398 g/mol. The number of amides is 1. The highest BCUT2D eigenvalue weighted by atomic mass is 32.1. The molecule has 2 aromatic heterocycles. The number of thiophene rings is 1. The molecule has 0 atom stereocenters. The average molecular weight is 424 g/mol. The molecule has 0 spiro atoms. The molecule has 0 radical (unpaired) electrons. The number of nitrogens with one attached hydrogen (secondary N) is 1. The van der Waals surface area contributed by atoms with E-state index in [4.69, 9.17) is 9.72 Å². The normalized spacial score (nSPS) is 14.0. The van der Waals surface area contributed by atoms with Crippen molar-refractivity contribution in [3.05, 3.63) is 63.5 Å². The fourth-order valence-electron chi connectivity index (χ4n) is 3.74. The molecule has 1 aromatic carbocycles. The van der Waals surface area contributed by atoms with Crippen LogP contribution in [0.1, 0.15) is 40.3 Å². The topological polar surface area (TPSA) is 71.5 Å². The molecule has 0 aliphatic carbocycles. The minimum atomic E-state index is -0.471. The third-order valence-electron chi connectivity index (χ3n) is 5.38. The van der Waals surface area contributed by atoms with Crippen LogP contribution in [0, 0.1) is 0 Å². The largest absolute Gasteiger partial charge is 0.452 e. The van der Waals surface area contributed by atoms with Crippen LogP contribution >= 0.6 is 11.3 Å². The van der Waals surface area contributed by atoms with E-state index in [-0.39, 0.29) is 12.5 Å². The van der Waals surface area contributed by atoms with Gasteiger partial charge in [-0.15, -0.1) is 11.3 Å². The molecule has 1 aliphatic rings. The number of para-hydroxylation sites is 1. The van der Waals surface area contributed by atoms with Crippen LogP contribution in [0.2, 0.25) is 0 Å². The number of nitrogens with zero attached hydrogens (tertiary/aromatic N) is 2. The van der Waals surface area contributed by atoms with Gasteiger partial charge in [-0.3, -0.25) is 14.7 Å². The van der Waals surface area contributed by atoms with E-state index in [0.29, 0.717) is 24.7 Å². The van der Waals surface area contributed by atoms with Gasteiger partial charge >= 0.3 is 5.97 Å². The zero-order valence-corrected chi connectivity index (χ0v) is 18.0. The Morgan fingerprint density at radius 2 is 2.07 bits per heavy atom. The summed E-state index contributed by atoms with van der Waals surface area (Å²) in [5.41, 5.74) is 3.17. The highest BCUT2D eigenvalue weighted by molar-refractivity contribution is 7.09. The predicted molar refractivity (Wildman–Crippen MR) is 117 cm³/mol. The van der Waals surface area contributed by atoms with Gasteiger partial charge in [0.1, 0.15) is 0 Å². The second-order valence-corrected chi connectivity index (χ2v) is 8.71. The molecule has 1 amide bonds. The maximum absolute atomic E-state index is 13.1. The lowest BCUT2D eigenvalue weighted by atomic mass is 9.95. The summed E-state index contributed by atoms with van der Waals surface area (Å²) in [5, 5.41) is 5.51. The monoisotopic (exact) mass is 423 g/mol. The number of hydrogen-bond donors (Lipinski definition) is 1. The zero-order valence-electron chi connectivity index (χ0n) is 17.2. The number of ether oxygens (including phenoxy) is 1. The first-order valence-electron chi connectivity index (χ1n) is 10.1. The summed E-state index contributed by atoms with van der Waals surface area (Å²) in [7, 11) is 0. The number of aromatic nitrogens is 1. The van der Waals surface area contributed by atoms with Crippen molar-refractivity contribution in [1.82, 2.24) is 15.2 Å². The van der Waals surface area contributed by atoms with E-state index in [2.05, 4.69) is 24.1 Å². The van der Waals surface area contributed by atoms with Crippen molar-refractivity contribution in [3.63, 3.8) is 0 Å². The second kappa shape index (κ2) is 8.93. The van der Waals surface area contributed by atoms with Gasteiger partial charge in [-0.2, -0.15) is 0 Å². The van der Waals surface area contributed by atoms with Crippen LogP contribution in [0.15, 0.2) is 41.8 Å². The van der Waals surface area contributed by atoms with Gasteiger partial charge in [0.15, 0.2) is 6.61 Å². The van der Waals surface area contributed by atoms with Crippen molar-refractivity contribution in [2.24, 2.45) is 0 Å². The van der Waals surface area contributed by atoms with Crippen LogP contribution in [-0.2, 0) is 29.0 Å². The second-order valence-electron chi connectivity index (χ2n) is 7.68. The molecule has 0 fully saturated rings. The summed E-state index contributed by atoms with van der Waals surface area (Å²) in [5.74, 6) is -0.783. The fourth-order valence-corrected chi connectivity index (χ4v) is 4.38. The van der Waals surface area contributed by atoms with Gasteiger partial charge in [0.05, 0.1) is 17.6 Å². The Labute approximate surface area is 179 Å². The molecule has 1 aliphatic heterocycles. The molecule has 6 nitrogen and oxygen atoms in total. The SMILES string of the molecule is CC(C)N1CCc2nc3ccccc3c(C(=O)OCC(=O)NCc3cccs3)c2C1. The quantitative estimate of drug-likeness (QED) is 0.614. The third kappa shape index (κ3) is 4.37. The minimum absolute atomic E-state index is 0.302. The number of rotatable bonds is 6. The van der Waals surface area contributed by atoms with Crippen molar-refractivity contribution < 1.29 is 14.3 Å². The minimum Gasteiger partial charge on any atom is -0.452 e. The van der Waals surface area contributed by atoms with Gasteiger partial charge in [0, 0.05) is 47.1 Å². The number of carbonyl (C=O) groups is 2. The van der Waals surface area contributed by atoms with Gasteiger partial charge in [-0.1, -0.05) is 24.3 Å². The molecule has 0 bridgehead atoms. The maximum Gasteiger partial charge on any atom is 0.339 e. The van der Waals surface area contributed by atoms with Crippen LogP contribution in [-0.4, -0.2) is 41.0 Å². The number of pyridine rings is 1. The zero-order chi connectivity index (χ0) is 21.1. The van der Waals surface area contributed by atoms with Gasteiger partial charge in [-0.25, -0.2) is 4.79 Å². The van der Waals surface area contributed by atoms with Gasteiger partial charge in [0.25, 0.3) is 5.91 Å². The molecule has 3 heterocycles. The van der Waals surface area contributed by atoms with Crippen LogP contribution < -0.4 is 5.32 Å². The number of hydrogen-bond acceptors (Lipinski definition) is 6. The number of esters is 1. The predicted octanol–water partition coefficient (Wildman–Crippen LogP) is 3.54. The highest BCUT2D eigenvalue weighted by Crippen LogP contribution is 2.29. The van der Waals surface area contributed by atoms with Gasteiger partial charge in [0.2, 0.25) is 0 Å². The molecule has 3 aromatic rings. The van der Waals surface area contributed by atoms with E-state index in [1.54, 1.807) is 11.3 Å². The maximum atomic E-state index is 13.1. The Bertz CT molecular complexity index is 1060. The average Bonchev–Trinajstić information content (AvgIpc) is 3.27. The number of fused-ring (bicyclic) bond motifs is 2. The van der Waals surface area contributed by atoms with E-state index in [0.717, 1.165) is 40.0 Å². The third-order valence-corrected chi connectivity index (χ3v) is 6.26. The lowest BCUT2D eigenvalue weighted by Gasteiger charge is -2.32. The van der Waals surface area contributed by atoms with Crippen LogP contribution in [0.5, 0.6) is 0 Å².